The van der Waals surface area contributed by atoms with Crippen LogP contribution in [0.25, 0.3) is 0 Å². The molecule has 6 nitrogen and oxygen atoms in total. The third-order valence-electron chi connectivity index (χ3n) is 4.80. The summed E-state index contributed by atoms with van der Waals surface area (Å²) < 4.78 is 12.9. The summed E-state index contributed by atoms with van der Waals surface area (Å²) in [6.45, 7) is 1.40. The van der Waals surface area contributed by atoms with E-state index in [1.54, 1.807) is 17.6 Å². The van der Waals surface area contributed by atoms with Crippen LogP contribution in [-0.4, -0.2) is 35.0 Å². The van der Waals surface area contributed by atoms with Crippen LogP contribution in [0, 0.1) is 11.7 Å². The number of hydrogen-bond acceptors (Lipinski definition) is 4. The van der Waals surface area contributed by atoms with Gasteiger partial charge in [-0.05, 0) is 49.3 Å². The van der Waals surface area contributed by atoms with E-state index in [1.807, 2.05) is 4.90 Å². The smallest absolute Gasteiger partial charge is 0.243 e. The second-order valence-corrected chi connectivity index (χ2v) is 6.61. The van der Waals surface area contributed by atoms with Crippen LogP contribution in [0.1, 0.15) is 50.1 Å². The Balaban J connectivity index is 1.71. The highest BCUT2D eigenvalue weighted by atomic mass is 19.1. The summed E-state index contributed by atoms with van der Waals surface area (Å²) >= 11 is 0. The quantitative estimate of drug-likeness (QED) is 0.518. The summed E-state index contributed by atoms with van der Waals surface area (Å²) in [5.74, 6) is -0.153. The maximum absolute atomic E-state index is 12.9. The van der Waals surface area contributed by atoms with Crippen LogP contribution >= 0.6 is 0 Å². The number of likely N-dealkylation sites (tertiary alicyclic amines) is 1. The summed E-state index contributed by atoms with van der Waals surface area (Å²) in [5, 5.41) is 8.46. The zero-order chi connectivity index (χ0) is 18.2. The van der Waals surface area contributed by atoms with Gasteiger partial charge in [0.2, 0.25) is 11.8 Å². The summed E-state index contributed by atoms with van der Waals surface area (Å²) in [6.07, 6.45) is 4.02. The Morgan fingerprint density at radius 2 is 1.92 bits per heavy atom. The van der Waals surface area contributed by atoms with Crippen molar-refractivity contribution in [1.82, 2.24) is 10.4 Å². The van der Waals surface area contributed by atoms with Gasteiger partial charge in [-0.15, -0.1) is 0 Å². The van der Waals surface area contributed by atoms with E-state index >= 15 is 0 Å². The van der Waals surface area contributed by atoms with E-state index in [0.29, 0.717) is 25.4 Å². The minimum Gasteiger partial charge on any atom is -0.343 e. The number of carbonyl (C=O) groups is 2. The average Bonchev–Trinajstić information content (AvgIpc) is 2.62. The number of halogens is 1. The first kappa shape index (κ1) is 19.3. The van der Waals surface area contributed by atoms with Gasteiger partial charge in [0, 0.05) is 32.0 Å². The SMILES string of the molecule is N[C@@H](CC(=O)N1CCC(CCCC(=O)NO)CC1)c1ccc(F)cc1. The molecule has 2 amide bonds. The molecule has 1 aliphatic heterocycles. The highest BCUT2D eigenvalue weighted by Crippen LogP contribution is 2.24. The molecule has 0 bridgehead atoms. The summed E-state index contributed by atoms with van der Waals surface area (Å²) in [4.78, 5) is 25.2. The van der Waals surface area contributed by atoms with Crippen molar-refractivity contribution in [2.45, 2.75) is 44.6 Å². The van der Waals surface area contributed by atoms with Crippen LogP contribution in [0.4, 0.5) is 4.39 Å². The normalized spacial score (nSPS) is 16.5. The van der Waals surface area contributed by atoms with Gasteiger partial charge in [-0.25, -0.2) is 9.87 Å². The molecule has 1 saturated heterocycles. The van der Waals surface area contributed by atoms with Crippen molar-refractivity contribution in [1.29, 1.82) is 0 Å². The van der Waals surface area contributed by atoms with Crippen LogP contribution in [0.15, 0.2) is 24.3 Å². The first-order valence-corrected chi connectivity index (χ1v) is 8.71. The number of nitrogens with zero attached hydrogens (tertiary/aromatic N) is 1. The first-order chi connectivity index (χ1) is 12.0. The minimum absolute atomic E-state index is 0.0231. The predicted molar refractivity (Wildman–Crippen MR) is 91.0 cm³/mol. The lowest BCUT2D eigenvalue weighted by Crippen LogP contribution is -2.39. The summed E-state index contributed by atoms with van der Waals surface area (Å²) in [7, 11) is 0. The Morgan fingerprint density at radius 3 is 2.52 bits per heavy atom. The highest BCUT2D eigenvalue weighted by Gasteiger charge is 2.24. The Labute approximate surface area is 147 Å². The molecular weight excluding hydrogens is 325 g/mol. The molecule has 4 N–H and O–H groups in total. The number of piperidine rings is 1. The molecule has 1 aromatic rings. The predicted octanol–water partition coefficient (Wildman–Crippen LogP) is 2.13. The van der Waals surface area contributed by atoms with Gasteiger partial charge < -0.3 is 10.6 Å². The molecule has 0 saturated carbocycles. The van der Waals surface area contributed by atoms with Gasteiger partial charge in [0.1, 0.15) is 5.82 Å². The lowest BCUT2D eigenvalue weighted by molar-refractivity contribution is -0.133. The highest BCUT2D eigenvalue weighted by molar-refractivity contribution is 5.77. The van der Waals surface area contributed by atoms with Crippen molar-refractivity contribution >= 4 is 11.8 Å². The molecule has 0 aliphatic carbocycles. The largest absolute Gasteiger partial charge is 0.343 e. The molecule has 1 fully saturated rings. The maximum Gasteiger partial charge on any atom is 0.243 e. The number of amides is 2. The van der Waals surface area contributed by atoms with Crippen molar-refractivity contribution < 1.29 is 19.2 Å². The van der Waals surface area contributed by atoms with Crippen LogP contribution in [0.3, 0.4) is 0 Å². The number of carbonyl (C=O) groups excluding carboxylic acids is 2. The third kappa shape index (κ3) is 6.10. The van der Waals surface area contributed by atoms with Crippen molar-refractivity contribution in [3.8, 4) is 0 Å². The Hall–Kier alpha value is -1.99. The van der Waals surface area contributed by atoms with Crippen LogP contribution in [0.2, 0.25) is 0 Å². The number of benzene rings is 1. The topological polar surface area (TPSA) is 95.7 Å². The monoisotopic (exact) mass is 351 g/mol. The molecule has 138 valence electrons. The summed E-state index contributed by atoms with van der Waals surface area (Å²) in [5.41, 5.74) is 8.45. The average molecular weight is 351 g/mol. The molecule has 7 heteroatoms. The van der Waals surface area contributed by atoms with Crippen molar-refractivity contribution in [2.24, 2.45) is 11.7 Å². The molecular formula is C18H26FN3O3. The van der Waals surface area contributed by atoms with Crippen molar-refractivity contribution in [3.63, 3.8) is 0 Å². The van der Waals surface area contributed by atoms with Crippen molar-refractivity contribution in [2.75, 3.05) is 13.1 Å². The fourth-order valence-corrected chi connectivity index (χ4v) is 3.22. The van der Waals surface area contributed by atoms with Gasteiger partial charge in [-0.1, -0.05) is 12.1 Å². The van der Waals surface area contributed by atoms with E-state index in [4.69, 9.17) is 10.9 Å². The molecule has 1 heterocycles. The fourth-order valence-electron chi connectivity index (χ4n) is 3.22. The zero-order valence-corrected chi connectivity index (χ0v) is 14.3. The van der Waals surface area contributed by atoms with Crippen LogP contribution < -0.4 is 11.2 Å². The molecule has 1 aliphatic rings. The van der Waals surface area contributed by atoms with E-state index in [0.717, 1.165) is 31.2 Å². The van der Waals surface area contributed by atoms with Crippen LogP contribution in [-0.2, 0) is 9.59 Å². The van der Waals surface area contributed by atoms with Crippen LogP contribution in [0.5, 0.6) is 0 Å². The first-order valence-electron chi connectivity index (χ1n) is 8.71. The molecule has 0 radical (unpaired) electrons. The van der Waals surface area contributed by atoms with E-state index in [-0.39, 0.29) is 24.1 Å². The lowest BCUT2D eigenvalue weighted by Gasteiger charge is -2.32. The third-order valence-corrected chi connectivity index (χ3v) is 4.80. The Bertz CT molecular complexity index is 571. The standard InChI is InChI=1S/C18H26FN3O3/c19-15-6-4-14(5-7-15)16(20)12-18(24)22-10-8-13(9-11-22)2-1-3-17(23)21-25/h4-7,13,16,25H,1-3,8-12,20H2,(H,21,23)/t16-/m0/s1. The van der Waals surface area contributed by atoms with E-state index in [1.165, 1.54) is 12.1 Å². The minimum atomic E-state index is -0.428. The number of hydrogen-bond donors (Lipinski definition) is 3. The van der Waals surface area contributed by atoms with Crippen molar-refractivity contribution in [3.05, 3.63) is 35.6 Å². The maximum atomic E-state index is 12.9. The molecule has 25 heavy (non-hydrogen) atoms. The van der Waals surface area contributed by atoms with E-state index < -0.39 is 6.04 Å². The fraction of sp³-hybridized carbons (Fsp3) is 0.556. The van der Waals surface area contributed by atoms with Gasteiger partial charge in [-0.3, -0.25) is 14.8 Å². The zero-order valence-electron chi connectivity index (χ0n) is 14.3. The molecule has 0 spiro atoms. The van der Waals surface area contributed by atoms with Gasteiger partial charge in [-0.2, -0.15) is 0 Å². The number of nitrogens with one attached hydrogen (secondary N) is 1. The molecule has 1 atom stereocenters. The molecule has 1 aromatic carbocycles. The molecule has 0 unspecified atom stereocenters. The van der Waals surface area contributed by atoms with Gasteiger partial charge in [0.25, 0.3) is 0 Å². The second-order valence-electron chi connectivity index (χ2n) is 6.61. The number of rotatable bonds is 7. The molecule has 2 rings (SSSR count). The number of nitrogens with two attached hydrogens (primary N) is 1. The Morgan fingerprint density at radius 1 is 1.28 bits per heavy atom. The van der Waals surface area contributed by atoms with E-state index in [9.17, 15) is 14.0 Å². The number of hydroxylamine groups is 1. The van der Waals surface area contributed by atoms with Gasteiger partial charge >= 0.3 is 0 Å². The van der Waals surface area contributed by atoms with E-state index in [2.05, 4.69) is 0 Å². The summed E-state index contributed by atoms with van der Waals surface area (Å²) in [6, 6.07) is 5.50. The lowest BCUT2D eigenvalue weighted by atomic mass is 9.91. The van der Waals surface area contributed by atoms with Gasteiger partial charge in [0.15, 0.2) is 0 Å². The second kappa shape index (κ2) is 9.48. The molecule has 0 aromatic heterocycles. The Kier molecular flexibility index (Phi) is 7.33. The van der Waals surface area contributed by atoms with Gasteiger partial charge in [0.05, 0.1) is 0 Å².